The molecule has 0 fully saturated rings. The lowest BCUT2D eigenvalue weighted by atomic mass is 10.0. The number of rotatable bonds is 5. The number of aryl methyl sites for hydroxylation is 2. The molecule has 0 bridgehead atoms. The standard InChI is InChI=1S/C23H20N4/c1-2-18-7-4-16(12-19(18)3-1)6-9-23-24-11-10-20(27-23)13-17-5-8-21-22(14-17)26-15-25-21/h1,3-5,7-8,10-12,14-15H,2,6,9,13H2,(H,25,26). The van der Waals surface area contributed by atoms with E-state index in [1.807, 2.05) is 18.3 Å². The third-order valence-corrected chi connectivity index (χ3v) is 5.12. The minimum absolute atomic E-state index is 0.800. The number of aromatic amines is 1. The van der Waals surface area contributed by atoms with Crippen LogP contribution in [-0.4, -0.2) is 19.9 Å². The van der Waals surface area contributed by atoms with Gasteiger partial charge in [-0.1, -0.05) is 36.4 Å². The summed E-state index contributed by atoms with van der Waals surface area (Å²) in [5, 5.41) is 0. The summed E-state index contributed by atoms with van der Waals surface area (Å²) >= 11 is 0. The molecule has 0 atom stereocenters. The predicted molar refractivity (Wildman–Crippen MR) is 108 cm³/mol. The summed E-state index contributed by atoms with van der Waals surface area (Å²) < 4.78 is 0. The zero-order chi connectivity index (χ0) is 18.1. The highest BCUT2D eigenvalue weighted by Crippen LogP contribution is 2.21. The Balaban J connectivity index is 1.29. The second-order valence-electron chi connectivity index (χ2n) is 7.03. The molecular weight excluding hydrogens is 332 g/mol. The highest BCUT2D eigenvalue weighted by molar-refractivity contribution is 5.75. The Morgan fingerprint density at radius 1 is 0.926 bits per heavy atom. The van der Waals surface area contributed by atoms with Crippen molar-refractivity contribution in [3.05, 3.63) is 94.8 Å². The first-order valence-electron chi connectivity index (χ1n) is 9.35. The number of nitrogens with one attached hydrogen (secondary N) is 1. The van der Waals surface area contributed by atoms with Crippen LogP contribution < -0.4 is 0 Å². The smallest absolute Gasteiger partial charge is 0.128 e. The van der Waals surface area contributed by atoms with E-state index in [0.717, 1.165) is 48.2 Å². The van der Waals surface area contributed by atoms with Crippen LogP contribution >= 0.6 is 0 Å². The van der Waals surface area contributed by atoms with E-state index in [9.17, 15) is 0 Å². The quantitative estimate of drug-likeness (QED) is 0.583. The minimum atomic E-state index is 0.800. The Bertz CT molecular complexity index is 1140. The molecule has 1 N–H and O–H groups in total. The number of nitrogens with zero attached hydrogens (tertiary/aromatic N) is 3. The van der Waals surface area contributed by atoms with E-state index in [-0.39, 0.29) is 0 Å². The van der Waals surface area contributed by atoms with Crippen molar-refractivity contribution in [2.75, 3.05) is 0 Å². The molecule has 1 aliphatic rings. The van der Waals surface area contributed by atoms with Crippen LogP contribution in [0.2, 0.25) is 0 Å². The lowest BCUT2D eigenvalue weighted by Gasteiger charge is -2.06. The second-order valence-corrected chi connectivity index (χ2v) is 7.03. The molecule has 0 radical (unpaired) electrons. The predicted octanol–water partition coefficient (Wildman–Crippen LogP) is 4.30. The third kappa shape index (κ3) is 3.38. The fourth-order valence-electron chi connectivity index (χ4n) is 3.67. The average molecular weight is 352 g/mol. The molecule has 0 aliphatic heterocycles. The van der Waals surface area contributed by atoms with Gasteiger partial charge in [-0.25, -0.2) is 15.0 Å². The van der Waals surface area contributed by atoms with Crippen molar-refractivity contribution in [1.82, 2.24) is 19.9 Å². The Kier molecular flexibility index (Phi) is 4.02. The van der Waals surface area contributed by atoms with E-state index >= 15 is 0 Å². The van der Waals surface area contributed by atoms with Crippen molar-refractivity contribution in [3.63, 3.8) is 0 Å². The van der Waals surface area contributed by atoms with E-state index in [1.54, 1.807) is 6.33 Å². The van der Waals surface area contributed by atoms with Gasteiger partial charge in [0.2, 0.25) is 0 Å². The molecule has 0 spiro atoms. The fraction of sp³-hybridized carbons (Fsp3) is 0.174. The van der Waals surface area contributed by atoms with Crippen LogP contribution in [0.1, 0.15) is 33.8 Å². The zero-order valence-electron chi connectivity index (χ0n) is 15.0. The average Bonchev–Trinajstić information content (AvgIpc) is 3.35. The van der Waals surface area contributed by atoms with Crippen LogP contribution in [0.3, 0.4) is 0 Å². The molecule has 2 heterocycles. The third-order valence-electron chi connectivity index (χ3n) is 5.12. The maximum atomic E-state index is 4.77. The maximum Gasteiger partial charge on any atom is 0.128 e. The van der Waals surface area contributed by atoms with Gasteiger partial charge in [0.25, 0.3) is 0 Å². The lowest BCUT2D eigenvalue weighted by Crippen LogP contribution is -2.02. The van der Waals surface area contributed by atoms with Crippen molar-refractivity contribution < 1.29 is 0 Å². The van der Waals surface area contributed by atoms with Gasteiger partial charge >= 0.3 is 0 Å². The van der Waals surface area contributed by atoms with Gasteiger partial charge in [-0.15, -0.1) is 0 Å². The van der Waals surface area contributed by atoms with Gasteiger partial charge in [0.15, 0.2) is 0 Å². The largest absolute Gasteiger partial charge is 0.345 e. The molecule has 4 heteroatoms. The van der Waals surface area contributed by atoms with Crippen molar-refractivity contribution in [2.45, 2.75) is 25.7 Å². The first kappa shape index (κ1) is 15.9. The molecule has 4 nitrogen and oxygen atoms in total. The van der Waals surface area contributed by atoms with Crippen molar-refractivity contribution in [3.8, 4) is 0 Å². The SMILES string of the molecule is C1=Cc2cc(CCc3nccc(Cc4ccc5nc[nH]c5c4)n3)ccc2C1. The van der Waals surface area contributed by atoms with E-state index in [0.29, 0.717) is 0 Å². The summed E-state index contributed by atoms with van der Waals surface area (Å²) in [4.78, 5) is 16.7. The van der Waals surface area contributed by atoms with Gasteiger partial charge < -0.3 is 4.98 Å². The molecule has 27 heavy (non-hydrogen) atoms. The van der Waals surface area contributed by atoms with Crippen LogP contribution in [-0.2, 0) is 25.7 Å². The van der Waals surface area contributed by atoms with Crippen LogP contribution in [0.4, 0.5) is 0 Å². The Hall–Kier alpha value is -3.27. The van der Waals surface area contributed by atoms with Crippen LogP contribution in [0, 0.1) is 0 Å². The Labute approximate surface area is 158 Å². The molecule has 0 amide bonds. The number of benzene rings is 2. The molecule has 4 aromatic rings. The van der Waals surface area contributed by atoms with Gasteiger partial charge in [0, 0.05) is 24.7 Å². The van der Waals surface area contributed by atoms with E-state index in [2.05, 4.69) is 57.4 Å². The molecule has 2 aromatic heterocycles. The van der Waals surface area contributed by atoms with Crippen LogP contribution in [0.5, 0.6) is 0 Å². The van der Waals surface area contributed by atoms with Gasteiger partial charge in [-0.3, -0.25) is 0 Å². The lowest BCUT2D eigenvalue weighted by molar-refractivity contribution is 0.836. The van der Waals surface area contributed by atoms with Gasteiger partial charge in [-0.2, -0.15) is 0 Å². The van der Waals surface area contributed by atoms with Crippen LogP contribution in [0.15, 0.2) is 61.1 Å². The first-order valence-corrected chi connectivity index (χ1v) is 9.35. The van der Waals surface area contributed by atoms with Gasteiger partial charge in [-0.05, 0) is 53.3 Å². The fourth-order valence-corrected chi connectivity index (χ4v) is 3.67. The van der Waals surface area contributed by atoms with Crippen molar-refractivity contribution in [2.24, 2.45) is 0 Å². The van der Waals surface area contributed by atoms with Crippen molar-refractivity contribution in [1.29, 1.82) is 0 Å². The summed E-state index contributed by atoms with van der Waals surface area (Å²) in [6, 6.07) is 15.1. The molecule has 132 valence electrons. The molecule has 0 saturated heterocycles. The topological polar surface area (TPSA) is 54.5 Å². The Morgan fingerprint density at radius 2 is 1.89 bits per heavy atom. The second kappa shape index (κ2) is 6.80. The van der Waals surface area contributed by atoms with E-state index in [4.69, 9.17) is 4.98 Å². The number of H-pyrrole nitrogens is 1. The monoisotopic (exact) mass is 352 g/mol. The molecule has 5 rings (SSSR count). The summed E-state index contributed by atoms with van der Waals surface area (Å²) in [5.74, 6) is 0.908. The molecule has 0 unspecified atom stereocenters. The van der Waals surface area contributed by atoms with E-state index < -0.39 is 0 Å². The number of fused-ring (bicyclic) bond motifs is 2. The molecule has 0 saturated carbocycles. The number of allylic oxidation sites excluding steroid dienone is 1. The molecular formula is C23H20N4. The number of hydrogen-bond acceptors (Lipinski definition) is 3. The summed E-state index contributed by atoms with van der Waals surface area (Å²) in [6.45, 7) is 0. The minimum Gasteiger partial charge on any atom is -0.345 e. The molecule has 2 aromatic carbocycles. The number of hydrogen-bond donors (Lipinski definition) is 1. The highest BCUT2D eigenvalue weighted by atomic mass is 14.9. The highest BCUT2D eigenvalue weighted by Gasteiger charge is 2.07. The summed E-state index contributed by atoms with van der Waals surface area (Å²) in [7, 11) is 0. The van der Waals surface area contributed by atoms with Gasteiger partial charge in [0.05, 0.1) is 17.4 Å². The number of aromatic nitrogens is 4. The van der Waals surface area contributed by atoms with Gasteiger partial charge in [0.1, 0.15) is 5.82 Å². The maximum absolute atomic E-state index is 4.77. The number of imidazole rings is 1. The normalized spacial score (nSPS) is 12.6. The van der Waals surface area contributed by atoms with Crippen LogP contribution in [0.25, 0.3) is 17.1 Å². The molecule has 1 aliphatic carbocycles. The summed E-state index contributed by atoms with van der Waals surface area (Å²) in [6.07, 6.45) is 11.7. The van der Waals surface area contributed by atoms with Crippen molar-refractivity contribution >= 4 is 17.1 Å². The van der Waals surface area contributed by atoms with E-state index in [1.165, 1.54) is 22.3 Å². The summed E-state index contributed by atoms with van der Waals surface area (Å²) in [5.41, 5.74) is 8.46. The first-order chi connectivity index (χ1) is 13.3. The Morgan fingerprint density at radius 3 is 2.89 bits per heavy atom. The zero-order valence-corrected chi connectivity index (χ0v) is 15.0.